The molecule has 0 radical (unpaired) electrons. The zero-order chi connectivity index (χ0) is 12.6. The molecule has 0 fully saturated rings. The monoisotopic (exact) mass is 273 g/mol. The van der Waals surface area contributed by atoms with Crippen LogP contribution < -0.4 is 5.14 Å². The van der Waals surface area contributed by atoms with Gasteiger partial charge in [-0.15, -0.1) is 11.3 Å². The van der Waals surface area contributed by atoms with Crippen LogP contribution in [0.15, 0.2) is 12.1 Å². The molecule has 92 valence electrons. The van der Waals surface area contributed by atoms with Crippen molar-refractivity contribution in [2.24, 2.45) is 5.14 Å². The first-order valence-corrected chi connectivity index (χ1v) is 6.75. The summed E-state index contributed by atoms with van der Waals surface area (Å²) in [5, 5.41) is 1.99. The lowest BCUT2D eigenvalue weighted by Gasteiger charge is -2.16. The minimum atomic E-state index is -4.89. The third kappa shape index (κ3) is 2.96. The zero-order valence-electron chi connectivity index (χ0n) is 8.28. The van der Waals surface area contributed by atoms with Gasteiger partial charge in [-0.2, -0.15) is 13.2 Å². The number of rotatable bonds is 3. The van der Waals surface area contributed by atoms with Crippen molar-refractivity contribution in [2.45, 2.75) is 24.8 Å². The highest BCUT2D eigenvalue weighted by Crippen LogP contribution is 2.40. The Balaban J connectivity index is 3.23. The molecule has 16 heavy (non-hydrogen) atoms. The maximum atomic E-state index is 12.6. The Bertz CT molecular complexity index is 464. The molecule has 0 aliphatic rings. The fourth-order valence-electron chi connectivity index (χ4n) is 1.23. The van der Waals surface area contributed by atoms with E-state index < -0.39 is 21.4 Å². The van der Waals surface area contributed by atoms with Crippen LogP contribution in [-0.2, 0) is 16.4 Å². The van der Waals surface area contributed by atoms with Gasteiger partial charge in [-0.25, -0.2) is 13.6 Å². The SMILES string of the molecule is CCc1ccc(C(C(F)(F)F)S(N)(=O)=O)s1. The zero-order valence-corrected chi connectivity index (χ0v) is 9.92. The van der Waals surface area contributed by atoms with Gasteiger partial charge in [-0.05, 0) is 18.6 Å². The fraction of sp³-hybridized carbons (Fsp3) is 0.500. The van der Waals surface area contributed by atoms with Gasteiger partial charge in [-0.1, -0.05) is 6.92 Å². The van der Waals surface area contributed by atoms with Gasteiger partial charge in [-0.3, -0.25) is 0 Å². The van der Waals surface area contributed by atoms with Crippen LogP contribution in [0.25, 0.3) is 0 Å². The molecule has 0 amide bonds. The largest absolute Gasteiger partial charge is 0.411 e. The molecule has 2 N–H and O–H groups in total. The first kappa shape index (κ1) is 13.5. The summed E-state index contributed by atoms with van der Waals surface area (Å²) in [6, 6.07) is 2.63. The van der Waals surface area contributed by atoms with Gasteiger partial charge in [0.2, 0.25) is 15.3 Å². The summed E-state index contributed by atoms with van der Waals surface area (Å²) in [5.74, 6) is 0. The second-order valence-corrected chi connectivity index (χ2v) is 6.02. The van der Waals surface area contributed by atoms with Crippen molar-refractivity contribution in [3.05, 3.63) is 21.9 Å². The third-order valence-corrected chi connectivity index (χ3v) is 4.54. The number of halogens is 3. The molecule has 1 aromatic heterocycles. The van der Waals surface area contributed by atoms with E-state index in [0.29, 0.717) is 11.3 Å². The Morgan fingerprint density at radius 2 is 2.00 bits per heavy atom. The van der Waals surface area contributed by atoms with Crippen molar-refractivity contribution in [3.8, 4) is 0 Å². The molecule has 1 rings (SSSR count). The fourth-order valence-corrected chi connectivity index (χ4v) is 3.52. The van der Waals surface area contributed by atoms with Crippen molar-refractivity contribution in [2.75, 3.05) is 0 Å². The molecular weight excluding hydrogens is 263 g/mol. The van der Waals surface area contributed by atoms with Gasteiger partial charge >= 0.3 is 6.18 Å². The number of primary sulfonamides is 1. The van der Waals surface area contributed by atoms with E-state index in [1.54, 1.807) is 6.92 Å². The lowest BCUT2D eigenvalue weighted by atomic mass is 10.3. The van der Waals surface area contributed by atoms with Gasteiger partial charge in [0.1, 0.15) is 0 Å². The van der Waals surface area contributed by atoms with E-state index >= 15 is 0 Å². The molecule has 0 spiro atoms. The number of hydrogen-bond donors (Lipinski definition) is 1. The van der Waals surface area contributed by atoms with Crippen molar-refractivity contribution in [1.29, 1.82) is 0 Å². The van der Waals surface area contributed by atoms with Gasteiger partial charge in [0.25, 0.3) is 0 Å². The summed E-state index contributed by atoms with van der Waals surface area (Å²) >= 11 is 0.816. The van der Waals surface area contributed by atoms with E-state index in [9.17, 15) is 21.6 Å². The molecule has 8 heteroatoms. The second kappa shape index (κ2) is 4.34. The lowest BCUT2D eigenvalue weighted by molar-refractivity contribution is -0.130. The molecule has 0 saturated heterocycles. The maximum Gasteiger partial charge on any atom is 0.411 e. The Morgan fingerprint density at radius 1 is 1.44 bits per heavy atom. The molecule has 0 bridgehead atoms. The summed E-state index contributed by atoms with van der Waals surface area (Å²) in [6.07, 6.45) is -4.33. The van der Waals surface area contributed by atoms with E-state index in [2.05, 4.69) is 5.14 Å². The first-order chi connectivity index (χ1) is 7.16. The minimum absolute atomic E-state index is 0.285. The Labute approximate surface area is 95.1 Å². The maximum absolute atomic E-state index is 12.6. The molecular formula is C8H10F3NO2S2. The van der Waals surface area contributed by atoms with Crippen LogP contribution in [0.5, 0.6) is 0 Å². The quantitative estimate of drug-likeness (QED) is 0.917. The van der Waals surface area contributed by atoms with Gasteiger partial charge in [0.15, 0.2) is 0 Å². The number of aryl methyl sites for hydroxylation is 1. The van der Waals surface area contributed by atoms with Gasteiger partial charge in [0, 0.05) is 9.75 Å². The molecule has 3 nitrogen and oxygen atoms in total. The Hall–Kier alpha value is -0.600. The summed E-state index contributed by atoms with van der Waals surface area (Å²) in [6.45, 7) is 1.77. The predicted octanol–water partition coefficient (Wildman–Crippen LogP) is 2.20. The van der Waals surface area contributed by atoms with Crippen LogP contribution in [0.4, 0.5) is 13.2 Å². The van der Waals surface area contributed by atoms with Crippen LogP contribution in [0.2, 0.25) is 0 Å². The highest BCUT2D eigenvalue weighted by molar-refractivity contribution is 7.89. The average Bonchev–Trinajstić information content (AvgIpc) is 2.47. The highest BCUT2D eigenvalue weighted by atomic mass is 32.2. The number of nitrogens with two attached hydrogens (primary N) is 1. The first-order valence-electron chi connectivity index (χ1n) is 4.33. The van der Waals surface area contributed by atoms with Crippen molar-refractivity contribution >= 4 is 21.4 Å². The standard InChI is InChI=1S/C8H10F3NO2S2/c1-2-5-3-4-6(15-5)7(8(9,10)11)16(12,13)14/h3-4,7H,2H2,1H3,(H2,12,13,14). The van der Waals surface area contributed by atoms with Crippen LogP contribution in [0.1, 0.15) is 21.9 Å². The average molecular weight is 273 g/mol. The molecule has 1 heterocycles. The topological polar surface area (TPSA) is 60.2 Å². The van der Waals surface area contributed by atoms with Crippen molar-refractivity contribution in [3.63, 3.8) is 0 Å². The number of hydrogen-bond acceptors (Lipinski definition) is 3. The van der Waals surface area contributed by atoms with Crippen LogP contribution >= 0.6 is 11.3 Å². The number of thiophene rings is 1. The minimum Gasteiger partial charge on any atom is -0.228 e. The number of sulfonamides is 1. The molecule has 0 aliphatic carbocycles. The summed E-state index contributed by atoms with van der Waals surface area (Å²) in [5.41, 5.74) is 0. The van der Waals surface area contributed by atoms with Crippen molar-refractivity contribution < 1.29 is 21.6 Å². The molecule has 0 saturated carbocycles. The molecule has 1 unspecified atom stereocenters. The summed E-state index contributed by atoms with van der Waals surface area (Å²) in [4.78, 5) is 0.403. The second-order valence-electron chi connectivity index (χ2n) is 3.17. The van der Waals surface area contributed by atoms with Crippen LogP contribution in [0, 0.1) is 0 Å². The van der Waals surface area contributed by atoms with E-state index in [1.165, 1.54) is 6.07 Å². The Morgan fingerprint density at radius 3 is 2.31 bits per heavy atom. The normalized spacial score (nSPS) is 15.1. The highest BCUT2D eigenvalue weighted by Gasteiger charge is 2.49. The van der Waals surface area contributed by atoms with Crippen molar-refractivity contribution in [1.82, 2.24) is 0 Å². The lowest BCUT2D eigenvalue weighted by Crippen LogP contribution is -2.32. The predicted molar refractivity (Wildman–Crippen MR) is 55.6 cm³/mol. The number of alkyl halides is 3. The van der Waals surface area contributed by atoms with Crippen LogP contribution in [0.3, 0.4) is 0 Å². The summed E-state index contributed by atoms with van der Waals surface area (Å²) in [7, 11) is -4.69. The molecule has 1 atom stereocenters. The van der Waals surface area contributed by atoms with Crippen LogP contribution in [-0.4, -0.2) is 14.6 Å². The molecule has 0 aromatic carbocycles. The Kier molecular flexibility index (Phi) is 3.65. The van der Waals surface area contributed by atoms with E-state index in [-0.39, 0.29) is 4.88 Å². The molecule has 0 aliphatic heterocycles. The smallest absolute Gasteiger partial charge is 0.228 e. The van der Waals surface area contributed by atoms with E-state index in [4.69, 9.17) is 0 Å². The third-order valence-electron chi connectivity index (χ3n) is 1.92. The molecule has 1 aromatic rings. The van der Waals surface area contributed by atoms with E-state index in [1.807, 2.05) is 0 Å². The van der Waals surface area contributed by atoms with Gasteiger partial charge < -0.3 is 0 Å². The summed E-state index contributed by atoms with van der Waals surface area (Å²) < 4.78 is 59.6. The van der Waals surface area contributed by atoms with Gasteiger partial charge in [0.05, 0.1) is 0 Å². The van der Waals surface area contributed by atoms with E-state index in [0.717, 1.165) is 17.4 Å².